The van der Waals surface area contributed by atoms with Gasteiger partial charge in [-0.3, -0.25) is 10.1 Å². The average Bonchev–Trinajstić information content (AvgIpc) is 2.42. The number of benzene rings is 1. The van der Waals surface area contributed by atoms with Crippen LogP contribution >= 0.6 is 11.6 Å². The van der Waals surface area contributed by atoms with Gasteiger partial charge in [0.15, 0.2) is 0 Å². The molecule has 1 aromatic carbocycles. The molecule has 1 heterocycles. The van der Waals surface area contributed by atoms with Crippen molar-refractivity contribution in [3.8, 4) is 0 Å². The molecule has 0 saturated heterocycles. The van der Waals surface area contributed by atoms with Crippen molar-refractivity contribution in [1.82, 2.24) is 4.98 Å². The summed E-state index contributed by atoms with van der Waals surface area (Å²) < 4.78 is 13.8. The van der Waals surface area contributed by atoms with Crippen molar-refractivity contribution in [2.45, 2.75) is 0 Å². The van der Waals surface area contributed by atoms with Crippen LogP contribution in [0.2, 0.25) is 5.02 Å². The molecule has 2 rings (SSSR count). The van der Waals surface area contributed by atoms with Crippen LogP contribution in [0.25, 0.3) is 0 Å². The summed E-state index contributed by atoms with van der Waals surface area (Å²) >= 11 is 5.62. The van der Waals surface area contributed by atoms with Crippen molar-refractivity contribution in [3.63, 3.8) is 0 Å². The summed E-state index contributed by atoms with van der Waals surface area (Å²) in [4.78, 5) is 24.6. The zero-order chi connectivity index (χ0) is 15.6. The number of rotatable bonds is 4. The second kappa shape index (κ2) is 5.71. The minimum atomic E-state index is -1.28. The monoisotopic (exact) mass is 311 g/mol. The summed E-state index contributed by atoms with van der Waals surface area (Å²) in [6, 6.07) is 4.18. The fraction of sp³-hybridized carbons (Fsp3) is 0. The Morgan fingerprint density at radius 1 is 1.43 bits per heavy atom. The molecule has 0 aliphatic rings. The van der Waals surface area contributed by atoms with Gasteiger partial charge in [-0.15, -0.1) is 0 Å². The summed E-state index contributed by atoms with van der Waals surface area (Å²) in [6.07, 6.45) is 1.17. The van der Waals surface area contributed by atoms with Gasteiger partial charge in [0.25, 0.3) is 0 Å². The highest BCUT2D eigenvalue weighted by molar-refractivity contribution is 6.30. The first-order chi connectivity index (χ1) is 9.88. The lowest BCUT2D eigenvalue weighted by atomic mass is 10.2. The molecular weight excluding hydrogens is 305 g/mol. The summed E-state index contributed by atoms with van der Waals surface area (Å²) in [5, 5.41) is 22.1. The second-order valence-electron chi connectivity index (χ2n) is 3.90. The lowest BCUT2D eigenvalue weighted by molar-refractivity contribution is -0.384. The highest BCUT2D eigenvalue weighted by atomic mass is 35.5. The average molecular weight is 312 g/mol. The van der Waals surface area contributed by atoms with Gasteiger partial charge in [-0.2, -0.15) is 0 Å². The number of carbonyl (C=O) groups is 1. The summed E-state index contributed by atoms with van der Waals surface area (Å²) in [6.45, 7) is 0. The van der Waals surface area contributed by atoms with E-state index < -0.39 is 22.4 Å². The third-order valence-electron chi connectivity index (χ3n) is 2.50. The quantitative estimate of drug-likeness (QED) is 0.663. The Kier molecular flexibility index (Phi) is 3.99. The van der Waals surface area contributed by atoms with E-state index >= 15 is 0 Å². The van der Waals surface area contributed by atoms with Crippen LogP contribution in [-0.2, 0) is 0 Å². The van der Waals surface area contributed by atoms with E-state index in [0.717, 1.165) is 24.3 Å². The molecule has 0 aliphatic carbocycles. The maximum Gasteiger partial charge on any atom is 0.335 e. The third-order valence-corrected chi connectivity index (χ3v) is 2.71. The van der Waals surface area contributed by atoms with E-state index in [4.69, 9.17) is 16.7 Å². The first kappa shape index (κ1) is 14.7. The number of hydrogen-bond donors (Lipinski definition) is 2. The normalized spacial score (nSPS) is 10.2. The maximum atomic E-state index is 13.8. The molecule has 1 aromatic heterocycles. The predicted octanol–water partition coefficient (Wildman–Crippen LogP) is 3.22. The van der Waals surface area contributed by atoms with Crippen LogP contribution in [0.3, 0.4) is 0 Å². The lowest BCUT2D eigenvalue weighted by Crippen LogP contribution is -2.03. The number of aromatic carboxylic acids is 1. The van der Waals surface area contributed by atoms with Crippen LogP contribution in [-0.4, -0.2) is 21.0 Å². The van der Waals surface area contributed by atoms with E-state index in [0.29, 0.717) is 0 Å². The van der Waals surface area contributed by atoms with Crippen molar-refractivity contribution in [1.29, 1.82) is 0 Å². The highest BCUT2D eigenvalue weighted by Gasteiger charge is 2.18. The summed E-state index contributed by atoms with van der Waals surface area (Å²) in [7, 11) is 0. The number of nitro groups is 1. The van der Waals surface area contributed by atoms with Crippen molar-refractivity contribution in [3.05, 3.63) is 57.0 Å². The molecular formula is C12H7ClFN3O4. The zero-order valence-corrected chi connectivity index (χ0v) is 11.0. The van der Waals surface area contributed by atoms with Gasteiger partial charge in [-0.1, -0.05) is 11.6 Å². The van der Waals surface area contributed by atoms with Crippen LogP contribution in [0.1, 0.15) is 10.4 Å². The Morgan fingerprint density at radius 2 is 2.14 bits per heavy atom. The minimum Gasteiger partial charge on any atom is -0.478 e. The number of halogens is 2. The molecule has 0 amide bonds. The van der Waals surface area contributed by atoms with Crippen LogP contribution in [0.15, 0.2) is 30.5 Å². The number of nitrogens with one attached hydrogen (secondary N) is 1. The molecule has 2 aromatic rings. The summed E-state index contributed by atoms with van der Waals surface area (Å²) in [5.74, 6) is -2.36. The topological polar surface area (TPSA) is 105 Å². The number of carboxylic acids is 1. The van der Waals surface area contributed by atoms with Gasteiger partial charge >= 0.3 is 11.7 Å². The molecule has 0 saturated carbocycles. The van der Waals surface area contributed by atoms with E-state index in [-0.39, 0.29) is 22.1 Å². The van der Waals surface area contributed by atoms with Crippen LogP contribution < -0.4 is 5.32 Å². The van der Waals surface area contributed by atoms with E-state index in [1.165, 1.54) is 6.20 Å². The number of pyridine rings is 1. The fourth-order valence-electron chi connectivity index (χ4n) is 1.54. The number of aromatic nitrogens is 1. The maximum absolute atomic E-state index is 13.8. The molecule has 0 fully saturated rings. The summed E-state index contributed by atoms with van der Waals surface area (Å²) in [5.41, 5.74) is -0.807. The minimum absolute atomic E-state index is 0.0638. The van der Waals surface area contributed by atoms with Crippen molar-refractivity contribution in [2.75, 3.05) is 5.32 Å². The SMILES string of the molecule is O=C(O)c1ccc(Nc2ncc(Cl)cc2[N+](=O)[O-])c(F)c1. The number of hydrogen-bond acceptors (Lipinski definition) is 5. The number of carboxylic acid groups (broad SMARTS) is 1. The zero-order valence-electron chi connectivity index (χ0n) is 10.2. The molecule has 9 heteroatoms. The largest absolute Gasteiger partial charge is 0.478 e. The van der Waals surface area contributed by atoms with Gasteiger partial charge in [0.2, 0.25) is 5.82 Å². The standard InChI is InChI=1S/C12H7ClFN3O4/c13-7-4-10(17(20)21)11(15-5-7)16-9-2-1-6(12(18)19)3-8(9)14/h1-5H,(H,15,16)(H,18,19). The highest BCUT2D eigenvalue weighted by Crippen LogP contribution is 2.29. The van der Waals surface area contributed by atoms with Crippen molar-refractivity contribution >= 4 is 34.8 Å². The molecule has 0 radical (unpaired) electrons. The van der Waals surface area contributed by atoms with E-state index in [2.05, 4.69) is 10.3 Å². The third kappa shape index (κ3) is 3.23. The van der Waals surface area contributed by atoms with Crippen molar-refractivity contribution < 1.29 is 19.2 Å². The molecule has 0 spiro atoms. The van der Waals surface area contributed by atoms with Gasteiger partial charge in [0.1, 0.15) is 5.82 Å². The molecule has 0 atom stereocenters. The van der Waals surface area contributed by atoms with Gasteiger partial charge in [0, 0.05) is 12.3 Å². The van der Waals surface area contributed by atoms with Gasteiger partial charge in [-0.25, -0.2) is 14.2 Å². The predicted molar refractivity (Wildman–Crippen MR) is 72.5 cm³/mol. The Hall–Kier alpha value is -2.74. The Morgan fingerprint density at radius 3 is 2.71 bits per heavy atom. The van der Waals surface area contributed by atoms with E-state index in [1.807, 2.05) is 0 Å². The molecule has 0 aliphatic heterocycles. The van der Waals surface area contributed by atoms with Gasteiger partial charge in [0.05, 0.1) is 21.2 Å². The molecule has 21 heavy (non-hydrogen) atoms. The molecule has 0 unspecified atom stereocenters. The smallest absolute Gasteiger partial charge is 0.335 e. The molecule has 2 N–H and O–H groups in total. The van der Waals surface area contributed by atoms with Gasteiger partial charge in [-0.05, 0) is 18.2 Å². The molecule has 7 nitrogen and oxygen atoms in total. The van der Waals surface area contributed by atoms with Crippen molar-refractivity contribution in [2.24, 2.45) is 0 Å². The van der Waals surface area contributed by atoms with E-state index in [9.17, 15) is 19.3 Å². The lowest BCUT2D eigenvalue weighted by Gasteiger charge is -2.08. The first-order valence-electron chi connectivity index (χ1n) is 5.48. The van der Waals surface area contributed by atoms with Gasteiger partial charge < -0.3 is 10.4 Å². The molecule has 0 bridgehead atoms. The van der Waals surface area contributed by atoms with Crippen LogP contribution in [0.4, 0.5) is 21.6 Å². The molecule has 108 valence electrons. The van der Waals surface area contributed by atoms with Crippen LogP contribution in [0, 0.1) is 15.9 Å². The number of nitrogens with zero attached hydrogens (tertiary/aromatic N) is 2. The van der Waals surface area contributed by atoms with E-state index in [1.54, 1.807) is 0 Å². The fourth-order valence-corrected chi connectivity index (χ4v) is 1.69. The second-order valence-corrected chi connectivity index (χ2v) is 4.34. The number of anilines is 2. The Labute approximate surface area is 122 Å². The Bertz CT molecular complexity index is 738. The Balaban J connectivity index is 2.39. The first-order valence-corrected chi connectivity index (χ1v) is 5.86. The van der Waals surface area contributed by atoms with Crippen LogP contribution in [0.5, 0.6) is 0 Å².